The topological polar surface area (TPSA) is 53.4 Å². The molecular weight excluding hydrogens is 276 g/mol. The number of halogens is 1. The minimum Gasteiger partial charge on any atom is -0.386 e. The van der Waals surface area contributed by atoms with Crippen molar-refractivity contribution in [2.75, 3.05) is 13.1 Å². The Kier molecular flexibility index (Phi) is 4.35. The Balaban J connectivity index is 2.11. The fraction of sp³-hybridized carbons (Fsp3) is 0.600. The monoisotopic (exact) mass is 296 g/mol. The van der Waals surface area contributed by atoms with Crippen molar-refractivity contribution >= 4 is 17.5 Å². The second-order valence-corrected chi connectivity index (χ2v) is 6.23. The molecule has 5 heteroatoms. The maximum absolute atomic E-state index is 12.4. The average molecular weight is 297 g/mol. The molecule has 0 saturated carbocycles. The molecule has 4 nitrogen and oxygen atoms in total. The van der Waals surface area contributed by atoms with Crippen LogP contribution >= 0.6 is 11.6 Å². The molecule has 0 aromatic carbocycles. The van der Waals surface area contributed by atoms with E-state index in [4.69, 9.17) is 11.6 Å². The highest BCUT2D eigenvalue weighted by molar-refractivity contribution is 6.29. The third-order valence-corrected chi connectivity index (χ3v) is 4.09. The third-order valence-electron chi connectivity index (χ3n) is 3.89. The van der Waals surface area contributed by atoms with Gasteiger partial charge in [-0.1, -0.05) is 38.8 Å². The van der Waals surface area contributed by atoms with Crippen molar-refractivity contribution in [1.82, 2.24) is 9.88 Å². The lowest BCUT2D eigenvalue weighted by Crippen LogP contribution is -2.65. The van der Waals surface area contributed by atoms with Crippen LogP contribution in [0.25, 0.3) is 0 Å². The number of aromatic nitrogens is 1. The molecule has 1 aromatic heterocycles. The first-order valence-corrected chi connectivity index (χ1v) is 7.41. The summed E-state index contributed by atoms with van der Waals surface area (Å²) in [6, 6.07) is 3.39. The molecule has 2 rings (SSSR count). The van der Waals surface area contributed by atoms with E-state index in [1.807, 2.05) is 13.8 Å². The number of likely N-dealkylation sites (tertiary alicyclic amines) is 1. The van der Waals surface area contributed by atoms with E-state index in [1.54, 1.807) is 17.0 Å². The van der Waals surface area contributed by atoms with Gasteiger partial charge in [0.15, 0.2) is 0 Å². The van der Waals surface area contributed by atoms with Crippen molar-refractivity contribution in [3.8, 4) is 0 Å². The Hall–Kier alpha value is -1.13. The van der Waals surface area contributed by atoms with Gasteiger partial charge in [0.1, 0.15) is 10.8 Å². The number of nitrogens with zero attached hydrogens (tertiary/aromatic N) is 2. The predicted molar refractivity (Wildman–Crippen MR) is 78.9 cm³/mol. The summed E-state index contributed by atoms with van der Waals surface area (Å²) in [4.78, 5) is 18.2. The lowest BCUT2D eigenvalue weighted by atomic mass is 9.82. The molecule has 1 amide bonds. The molecule has 1 aromatic rings. The number of aryl methyl sites for hydroxylation is 1. The molecule has 1 fully saturated rings. The zero-order valence-electron chi connectivity index (χ0n) is 12.2. The number of amides is 1. The van der Waals surface area contributed by atoms with E-state index in [-0.39, 0.29) is 11.8 Å². The maximum atomic E-state index is 12.4. The molecule has 1 saturated heterocycles. The number of hydrogen-bond acceptors (Lipinski definition) is 3. The maximum Gasteiger partial charge on any atom is 0.254 e. The van der Waals surface area contributed by atoms with Gasteiger partial charge in [-0.15, -0.1) is 0 Å². The SMILES string of the molecule is CCCc1cc(C(=O)N2CC(O)(C(C)C)C2)cc(Cl)n1. The van der Waals surface area contributed by atoms with Crippen LogP contribution in [0.4, 0.5) is 0 Å². The van der Waals surface area contributed by atoms with Crippen molar-refractivity contribution in [2.24, 2.45) is 5.92 Å². The van der Waals surface area contributed by atoms with Crippen molar-refractivity contribution in [2.45, 2.75) is 39.2 Å². The number of rotatable bonds is 4. The van der Waals surface area contributed by atoms with Gasteiger partial charge in [-0.3, -0.25) is 4.79 Å². The van der Waals surface area contributed by atoms with Crippen LogP contribution in [0.5, 0.6) is 0 Å². The highest BCUT2D eigenvalue weighted by Gasteiger charge is 2.45. The highest BCUT2D eigenvalue weighted by Crippen LogP contribution is 2.30. The van der Waals surface area contributed by atoms with Gasteiger partial charge < -0.3 is 10.0 Å². The van der Waals surface area contributed by atoms with Crippen LogP contribution in [-0.2, 0) is 6.42 Å². The quantitative estimate of drug-likeness (QED) is 0.869. The number of carbonyl (C=O) groups is 1. The van der Waals surface area contributed by atoms with E-state index in [1.165, 1.54) is 0 Å². The summed E-state index contributed by atoms with van der Waals surface area (Å²) in [6.45, 7) is 6.75. The number of carbonyl (C=O) groups excluding carboxylic acids is 1. The minimum atomic E-state index is -0.751. The van der Waals surface area contributed by atoms with Gasteiger partial charge >= 0.3 is 0 Å². The number of pyridine rings is 1. The molecule has 0 aliphatic carbocycles. The summed E-state index contributed by atoms with van der Waals surface area (Å²) >= 11 is 5.97. The van der Waals surface area contributed by atoms with E-state index in [0.29, 0.717) is 23.8 Å². The first kappa shape index (κ1) is 15.3. The van der Waals surface area contributed by atoms with Gasteiger partial charge in [-0.2, -0.15) is 0 Å². The highest BCUT2D eigenvalue weighted by atomic mass is 35.5. The molecule has 0 unspecified atom stereocenters. The number of β-amino-alcohol motifs (C(OH)–C–C–N with tert-alkyl or cyclic N) is 1. The van der Waals surface area contributed by atoms with Gasteiger partial charge in [-0.25, -0.2) is 4.98 Å². The van der Waals surface area contributed by atoms with Crippen LogP contribution < -0.4 is 0 Å². The van der Waals surface area contributed by atoms with Gasteiger partial charge in [-0.05, 0) is 24.5 Å². The summed E-state index contributed by atoms with van der Waals surface area (Å²) in [7, 11) is 0. The normalized spacial score (nSPS) is 17.2. The molecule has 0 bridgehead atoms. The van der Waals surface area contributed by atoms with Crippen LogP contribution in [0.2, 0.25) is 5.15 Å². The fourth-order valence-corrected chi connectivity index (χ4v) is 2.59. The summed E-state index contributed by atoms with van der Waals surface area (Å²) in [5.41, 5.74) is 0.640. The molecule has 110 valence electrons. The third kappa shape index (κ3) is 2.96. The minimum absolute atomic E-state index is 0.0861. The Bertz CT molecular complexity index is 511. The number of hydrogen-bond donors (Lipinski definition) is 1. The van der Waals surface area contributed by atoms with Crippen LogP contribution in [0.3, 0.4) is 0 Å². The predicted octanol–water partition coefficient (Wildman–Crippen LogP) is 2.53. The Morgan fingerprint density at radius 2 is 2.15 bits per heavy atom. The Labute approximate surface area is 124 Å². The van der Waals surface area contributed by atoms with Crippen molar-refractivity contribution in [1.29, 1.82) is 0 Å². The molecule has 0 atom stereocenters. The van der Waals surface area contributed by atoms with E-state index in [0.717, 1.165) is 18.5 Å². The van der Waals surface area contributed by atoms with Crippen molar-refractivity contribution in [3.05, 3.63) is 28.5 Å². The Morgan fingerprint density at radius 1 is 1.50 bits per heavy atom. The lowest BCUT2D eigenvalue weighted by Gasteiger charge is -2.49. The van der Waals surface area contributed by atoms with Crippen molar-refractivity contribution in [3.63, 3.8) is 0 Å². The van der Waals surface area contributed by atoms with E-state index in [2.05, 4.69) is 11.9 Å². The first-order valence-electron chi connectivity index (χ1n) is 7.04. The molecule has 1 N–H and O–H groups in total. The van der Waals surface area contributed by atoms with Gasteiger partial charge in [0.2, 0.25) is 0 Å². The zero-order chi connectivity index (χ0) is 14.9. The molecule has 1 aliphatic rings. The molecular formula is C15H21ClN2O2. The molecule has 0 radical (unpaired) electrons. The molecule has 2 heterocycles. The average Bonchev–Trinajstić information content (AvgIpc) is 2.33. The molecule has 20 heavy (non-hydrogen) atoms. The molecule has 0 spiro atoms. The van der Waals surface area contributed by atoms with Crippen LogP contribution in [0, 0.1) is 5.92 Å². The Morgan fingerprint density at radius 3 is 2.70 bits per heavy atom. The van der Waals surface area contributed by atoms with E-state index >= 15 is 0 Å². The number of aliphatic hydroxyl groups is 1. The van der Waals surface area contributed by atoms with Gasteiger partial charge in [0, 0.05) is 11.3 Å². The second kappa shape index (κ2) is 5.70. The van der Waals surface area contributed by atoms with Crippen LogP contribution in [-0.4, -0.2) is 39.6 Å². The van der Waals surface area contributed by atoms with E-state index < -0.39 is 5.60 Å². The second-order valence-electron chi connectivity index (χ2n) is 5.84. The standard InChI is InChI=1S/C15H21ClN2O2/c1-4-5-12-6-11(7-13(16)17-12)14(19)18-8-15(20,9-18)10(2)3/h6-7,10,20H,4-5,8-9H2,1-3H3. The van der Waals surface area contributed by atoms with Gasteiger partial charge in [0.05, 0.1) is 13.1 Å². The summed E-state index contributed by atoms with van der Waals surface area (Å²) in [6.07, 6.45) is 1.76. The van der Waals surface area contributed by atoms with Crippen LogP contribution in [0.1, 0.15) is 43.2 Å². The zero-order valence-corrected chi connectivity index (χ0v) is 12.9. The van der Waals surface area contributed by atoms with E-state index in [9.17, 15) is 9.90 Å². The lowest BCUT2D eigenvalue weighted by molar-refractivity contribution is -0.110. The summed E-state index contributed by atoms with van der Waals surface area (Å²) in [5, 5.41) is 10.6. The van der Waals surface area contributed by atoms with Gasteiger partial charge in [0.25, 0.3) is 5.91 Å². The fourth-order valence-electron chi connectivity index (χ4n) is 2.36. The summed E-state index contributed by atoms with van der Waals surface area (Å²) in [5.74, 6) is 0.0557. The smallest absolute Gasteiger partial charge is 0.254 e. The summed E-state index contributed by atoms with van der Waals surface area (Å²) < 4.78 is 0. The van der Waals surface area contributed by atoms with Crippen molar-refractivity contribution < 1.29 is 9.90 Å². The first-order chi connectivity index (χ1) is 9.35. The largest absolute Gasteiger partial charge is 0.386 e. The van der Waals surface area contributed by atoms with Crippen LogP contribution in [0.15, 0.2) is 12.1 Å². The molecule has 1 aliphatic heterocycles.